The van der Waals surface area contributed by atoms with Crippen molar-refractivity contribution in [2.45, 2.75) is 35.4 Å². The fraction of sp³-hybridized carbons (Fsp3) is 0.357. The molecule has 122 valence electrons. The molecule has 2 aromatic rings. The third-order valence-electron chi connectivity index (χ3n) is 3.17. The van der Waals surface area contributed by atoms with E-state index in [2.05, 4.69) is 20.8 Å². The van der Waals surface area contributed by atoms with E-state index in [0.717, 1.165) is 9.47 Å². The van der Waals surface area contributed by atoms with E-state index in [1.807, 2.05) is 6.92 Å². The zero-order chi connectivity index (χ0) is 16.4. The number of anilines is 2. The van der Waals surface area contributed by atoms with Crippen LogP contribution in [0.4, 0.5) is 10.8 Å². The minimum Gasteiger partial charge on any atom is -0.357 e. The quantitative estimate of drug-likeness (QED) is 0.710. The van der Waals surface area contributed by atoms with Gasteiger partial charge >= 0.3 is 0 Å². The molecular weight excluding hydrogens is 375 g/mol. The second kappa shape index (κ2) is 7.25. The summed E-state index contributed by atoms with van der Waals surface area (Å²) in [6.45, 7) is 1.81. The van der Waals surface area contributed by atoms with E-state index in [9.17, 15) is 4.79 Å². The van der Waals surface area contributed by atoms with Crippen LogP contribution in [-0.2, 0) is 4.79 Å². The number of amides is 1. The summed E-state index contributed by atoms with van der Waals surface area (Å²) in [6, 6.07) is 5.66. The fourth-order valence-electron chi connectivity index (χ4n) is 1.76. The lowest BCUT2D eigenvalue weighted by Crippen LogP contribution is -2.22. The third kappa shape index (κ3) is 4.50. The van der Waals surface area contributed by atoms with E-state index in [4.69, 9.17) is 23.2 Å². The van der Waals surface area contributed by atoms with Crippen molar-refractivity contribution < 1.29 is 4.79 Å². The number of nitrogens with one attached hydrogen (secondary N) is 2. The number of rotatable bonds is 6. The summed E-state index contributed by atoms with van der Waals surface area (Å²) < 4.78 is 0.757. The van der Waals surface area contributed by atoms with Crippen molar-refractivity contribution in [3.8, 4) is 0 Å². The van der Waals surface area contributed by atoms with Gasteiger partial charge in [-0.25, -0.2) is 0 Å². The maximum absolute atomic E-state index is 12.3. The molecule has 0 saturated heterocycles. The molecule has 0 bridgehead atoms. The lowest BCUT2D eigenvalue weighted by molar-refractivity contribution is -0.115. The Morgan fingerprint density at radius 3 is 2.91 bits per heavy atom. The number of hydrogen-bond donors (Lipinski definition) is 2. The van der Waals surface area contributed by atoms with Crippen LogP contribution in [0.15, 0.2) is 22.5 Å². The number of nitrogens with zero attached hydrogens (tertiary/aromatic N) is 2. The highest BCUT2D eigenvalue weighted by molar-refractivity contribution is 8.02. The van der Waals surface area contributed by atoms with Gasteiger partial charge in [-0.3, -0.25) is 4.79 Å². The molecule has 1 aromatic heterocycles. The van der Waals surface area contributed by atoms with Gasteiger partial charge in [-0.1, -0.05) is 52.4 Å². The Labute approximate surface area is 152 Å². The van der Waals surface area contributed by atoms with E-state index in [0.29, 0.717) is 21.8 Å². The van der Waals surface area contributed by atoms with E-state index < -0.39 is 0 Å². The molecular formula is C14H14Cl2N4OS2. The van der Waals surface area contributed by atoms with E-state index >= 15 is 0 Å². The van der Waals surface area contributed by atoms with Gasteiger partial charge in [0, 0.05) is 6.04 Å². The molecule has 2 N–H and O–H groups in total. The van der Waals surface area contributed by atoms with Crippen molar-refractivity contribution >= 4 is 63.0 Å². The first-order valence-electron chi connectivity index (χ1n) is 7.04. The summed E-state index contributed by atoms with van der Waals surface area (Å²) in [4.78, 5) is 12.3. The largest absolute Gasteiger partial charge is 0.357 e. The van der Waals surface area contributed by atoms with Crippen molar-refractivity contribution in [3.63, 3.8) is 0 Å². The maximum atomic E-state index is 12.3. The smallest absolute Gasteiger partial charge is 0.237 e. The second-order valence-corrected chi connectivity index (χ2v) is 8.49. The predicted octanol–water partition coefficient (Wildman–Crippen LogP) is 4.54. The highest BCUT2D eigenvalue weighted by Crippen LogP contribution is 2.33. The van der Waals surface area contributed by atoms with Gasteiger partial charge in [0.05, 0.1) is 21.0 Å². The van der Waals surface area contributed by atoms with Crippen molar-refractivity contribution in [1.82, 2.24) is 10.2 Å². The third-order valence-corrected chi connectivity index (χ3v) is 6.03. The molecule has 1 heterocycles. The van der Waals surface area contributed by atoms with E-state index in [1.54, 1.807) is 18.2 Å². The molecule has 0 unspecified atom stereocenters. The topological polar surface area (TPSA) is 66.9 Å². The molecule has 1 aliphatic carbocycles. The van der Waals surface area contributed by atoms with Crippen LogP contribution in [0.25, 0.3) is 0 Å². The molecule has 9 heteroatoms. The summed E-state index contributed by atoms with van der Waals surface area (Å²) in [7, 11) is 0. The number of thioether (sulfide) groups is 1. The molecule has 23 heavy (non-hydrogen) atoms. The number of halogens is 2. The Hall–Kier alpha value is -1.02. The molecule has 1 atom stereocenters. The van der Waals surface area contributed by atoms with Gasteiger partial charge in [-0.2, -0.15) is 0 Å². The van der Waals surface area contributed by atoms with Crippen LogP contribution in [0.2, 0.25) is 10.0 Å². The number of aromatic nitrogens is 2. The molecule has 1 amide bonds. The van der Waals surface area contributed by atoms with E-state index in [1.165, 1.54) is 35.9 Å². The number of benzene rings is 1. The van der Waals surface area contributed by atoms with Crippen LogP contribution in [0, 0.1) is 0 Å². The van der Waals surface area contributed by atoms with Crippen molar-refractivity contribution in [2.24, 2.45) is 0 Å². The standard InChI is InChI=1S/C14H14Cl2N4OS2/c1-7(12(21)18-10-4-2-3-9(15)11(10)16)22-14-20-19-13(23-14)17-8-5-6-8/h2-4,7-8H,5-6H2,1H3,(H,17,19)(H,18,21)/t7-/m1/s1. The molecule has 0 aliphatic heterocycles. The molecule has 1 fully saturated rings. The molecule has 1 aliphatic rings. The normalized spacial score (nSPS) is 15.3. The SMILES string of the molecule is C[C@@H](Sc1nnc(NC2CC2)s1)C(=O)Nc1cccc(Cl)c1Cl. The van der Waals surface area contributed by atoms with Gasteiger partial charge in [-0.05, 0) is 31.9 Å². The van der Waals surface area contributed by atoms with Crippen LogP contribution in [-0.4, -0.2) is 27.4 Å². The molecule has 0 radical (unpaired) electrons. The minimum atomic E-state index is -0.327. The Balaban J connectivity index is 1.58. The molecule has 0 spiro atoms. The van der Waals surface area contributed by atoms with Gasteiger partial charge in [0.25, 0.3) is 0 Å². The molecule has 1 saturated carbocycles. The summed E-state index contributed by atoms with van der Waals surface area (Å²) in [5.41, 5.74) is 0.505. The van der Waals surface area contributed by atoms with Gasteiger partial charge in [0.1, 0.15) is 0 Å². The van der Waals surface area contributed by atoms with Crippen molar-refractivity contribution in [1.29, 1.82) is 0 Å². The first-order valence-corrected chi connectivity index (χ1v) is 9.49. The van der Waals surface area contributed by atoms with Crippen LogP contribution in [0.3, 0.4) is 0 Å². The van der Waals surface area contributed by atoms with Crippen molar-refractivity contribution in [2.75, 3.05) is 10.6 Å². The lowest BCUT2D eigenvalue weighted by atomic mass is 10.3. The molecule has 5 nitrogen and oxygen atoms in total. The number of hydrogen-bond acceptors (Lipinski definition) is 6. The zero-order valence-electron chi connectivity index (χ0n) is 12.2. The van der Waals surface area contributed by atoms with Crippen LogP contribution < -0.4 is 10.6 Å². The second-order valence-electron chi connectivity index (χ2n) is 5.14. The van der Waals surface area contributed by atoms with Gasteiger partial charge in [-0.15, -0.1) is 10.2 Å². The summed E-state index contributed by atoms with van der Waals surface area (Å²) in [6.07, 6.45) is 2.36. The molecule has 3 rings (SSSR count). The van der Waals surface area contributed by atoms with Crippen LogP contribution in [0.1, 0.15) is 19.8 Å². The highest BCUT2D eigenvalue weighted by Gasteiger charge is 2.23. The van der Waals surface area contributed by atoms with Gasteiger partial charge in [0.15, 0.2) is 4.34 Å². The Morgan fingerprint density at radius 1 is 1.39 bits per heavy atom. The first-order chi connectivity index (χ1) is 11.0. The average molecular weight is 389 g/mol. The highest BCUT2D eigenvalue weighted by atomic mass is 35.5. The van der Waals surface area contributed by atoms with Crippen LogP contribution >= 0.6 is 46.3 Å². The predicted molar refractivity (Wildman–Crippen MR) is 97.0 cm³/mol. The van der Waals surface area contributed by atoms with E-state index in [-0.39, 0.29) is 11.2 Å². The van der Waals surface area contributed by atoms with Gasteiger partial charge in [0.2, 0.25) is 11.0 Å². The van der Waals surface area contributed by atoms with Crippen molar-refractivity contribution in [3.05, 3.63) is 28.2 Å². The Kier molecular flexibility index (Phi) is 5.31. The Morgan fingerprint density at radius 2 is 2.17 bits per heavy atom. The van der Waals surface area contributed by atoms with Crippen LogP contribution in [0.5, 0.6) is 0 Å². The number of carbonyl (C=O) groups is 1. The summed E-state index contributed by atoms with van der Waals surface area (Å²) in [5, 5.41) is 15.5. The number of carbonyl (C=O) groups excluding carboxylic acids is 1. The first kappa shape index (κ1) is 16.8. The monoisotopic (exact) mass is 388 g/mol. The van der Waals surface area contributed by atoms with Gasteiger partial charge < -0.3 is 10.6 Å². The average Bonchev–Trinajstić information content (AvgIpc) is 3.22. The fourth-order valence-corrected chi connectivity index (χ4v) is 4.08. The summed E-state index contributed by atoms with van der Waals surface area (Å²) in [5.74, 6) is -0.161. The minimum absolute atomic E-state index is 0.161. The molecule has 1 aromatic carbocycles. The summed E-state index contributed by atoms with van der Waals surface area (Å²) >= 11 is 14.8. The maximum Gasteiger partial charge on any atom is 0.237 e. The lowest BCUT2D eigenvalue weighted by Gasteiger charge is -2.11. The Bertz CT molecular complexity index is 721. The zero-order valence-corrected chi connectivity index (χ0v) is 15.3.